The summed E-state index contributed by atoms with van der Waals surface area (Å²) in [6, 6.07) is 8.72. The molecule has 13 heavy (non-hydrogen) atoms. The summed E-state index contributed by atoms with van der Waals surface area (Å²) < 4.78 is 0. The van der Waals surface area contributed by atoms with Gasteiger partial charge in [0, 0.05) is 5.25 Å². The SMILES string of the molecule is CC(C)Cc1cccc(C(C)S)c1. The minimum atomic E-state index is 0.340. The second-order valence-corrected chi connectivity index (χ2v) is 4.79. The number of thiol groups is 1. The van der Waals surface area contributed by atoms with Gasteiger partial charge in [-0.05, 0) is 30.4 Å². The molecule has 0 N–H and O–H groups in total. The van der Waals surface area contributed by atoms with Crippen LogP contribution in [0, 0.1) is 5.92 Å². The third-order valence-electron chi connectivity index (χ3n) is 2.08. The first-order valence-electron chi connectivity index (χ1n) is 4.86. The molecule has 1 rings (SSSR count). The average molecular weight is 194 g/mol. The summed E-state index contributed by atoms with van der Waals surface area (Å²) in [6.45, 7) is 6.60. The van der Waals surface area contributed by atoms with Gasteiger partial charge in [-0.1, -0.05) is 38.1 Å². The van der Waals surface area contributed by atoms with Crippen molar-refractivity contribution in [3.8, 4) is 0 Å². The van der Waals surface area contributed by atoms with Crippen LogP contribution in [-0.2, 0) is 6.42 Å². The predicted molar refractivity (Wildman–Crippen MR) is 62.4 cm³/mol. The third-order valence-corrected chi connectivity index (χ3v) is 2.38. The Morgan fingerprint density at radius 1 is 1.23 bits per heavy atom. The van der Waals surface area contributed by atoms with E-state index in [1.165, 1.54) is 11.1 Å². The van der Waals surface area contributed by atoms with Crippen LogP contribution in [0.1, 0.15) is 37.1 Å². The van der Waals surface area contributed by atoms with Crippen LogP contribution in [0.4, 0.5) is 0 Å². The van der Waals surface area contributed by atoms with Crippen molar-refractivity contribution in [2.75, 3.05) is 0 Å². The summed E-state index contributed by atoms with van der Waals surface area (Å²) in [5.41, 5.74) is 2.75. The fourth-order valence-electron chi connectivity index (χ4n) is 1.45. The van der Waals surface area contributed by atoms with Crippen LogP contribution in [0.2, 0.25) is 0 Å². The van der Waals surface area contributed by atoms with Gasteiger partial charge in [0.1, 0.15) is 0 Å². The molecule has 0 aliphatic rings. The highest BCUT2D eigenvalue weighted by Gasteiger charge is 2.02. The maximum Gasteiger partial charge on any atom is 0.0238 e. The van der Waals surface area contributed by atoms with Gasteiger partial charge in [-0.15, -0.1) is 0 Å². The Labute approximate surface area is 86.8 Å². The first-order chi connectivity index (χ1) is 6.09. The van der Waals surface area contributed by atoms with E-state index < -0.39 is 0 Å². The van der Waals surface area contributed by atoms with E-state index in [9.17, 15) is 0 Å². The molecule has 1 aromatic carbocycles. The molecule has 0 saturated carbocycles. The highest BCUT2D eigenvalue weighted by atomic mass is 32.1. The van der Waals surface area contributed by atoms with Crippen LogP contribution in [0.25, 0.3) is 0 Å². The zero-order valence-electron chi connectivity index (χ0n) is 8.62. The van der Waals surface area contributed by atoms with E-state index in [0.717, 1.165) is 12.3 Å². The molecule has 0 nitrogen and oxygen atoms in total. The van der Waals surface area contributed by atoms with Crippen LogP contribution < -0.4 is 0 Å². The topological polar surface area (TPSA) is 0 Å². The molecule has 0 aliphatic heterocycles. The van der Waals surface area contributed by atoms with E-state index >= 15 is 0 Å². The van der Waals surface area contributed by atoms with Crippen LogP contribution in [0.5, 0.6) is 0 Å². The molecule has 1 heteroatoms. The lowest BCUT2D eigenvalue weighted by molar-refractivity contribution is 0.647. The zero-order chi connectivity index (χ0) is 9.84. The van der Waals surface area contributed by atoms with Crippen molar-refractivity contribution < 1.29 is 0 Å². The summed E-state index contributed by atoms with van der Waals surface area (Å²) in [6.07, 6.45) is 1.16. The third kappa shape index (κ3) is 3.43. The number of hydrogen-bond acceptors (Lipinski definition) is 1. The fourth-order valence-corrected chi connectivity index (χ4v) is 1.61. The molecule has 0 saturated heterocycles. The average Bonchev–Trinajstić information content (AvgIpc) is 2.03. The van der Waals surface area contributed by atoms with Gasteiger partial charge < -0.3 is 0 Å². The van der Waals surface area contributed by atoms with Crippen LogP contribution >= 0.6 is 12.6 Å². The molecule has 0 spiro atoms. The second-order valence-electron chi connectivity index (χ2n) is 4.02. The van der Waals surface area contributed by atoms with Crippen molar-refractivity contribution in [3.05, 3.63) is 35.4 Å². The zero-order valence-corrected chi connectivity index (χ0v) is 9.51. The lowest BCUT2D eigenvalue weighted by Gasteiger charge is -2.09. The summed E-state index contributed by atoms with van der Waals surface area (Å²) in [7, 11) is 0. The lowest BCUT2D eigenvalue weighted by Crippen LogP contribution is -1.95. The number of benzene rings is 1. The Bertz CT molecular complexity index is 264. The van der Waals surface area contributed by atoms with Crippen molar-refractivity contribution in [2.24, 2.45) is 5.92 Å². The molecule has 0 radical (unpaired) electrons. The maximum absolute atomic E-state index is 4.43. The Hall–Kier alpha value is -0.430. The van der Waals surface area contributed by atoms with Crippen molar-refractivity contribution in [3.63, 3.8) is 0 Å². The standard InChI is InChI=1S/C12H18S/c1-9(2)7-11-5-4-6-12(8-11)10(3)13/h4-6,8-10,13H,7H2,1-3H3. The molecular weight excluding hydrogens is 176 g/mol. The van der Waals surface area contributed by atoms with Gasteiger partial charge in [0.2, 0.25) is 0 Å². The number of rotatable bonds is 3. The van der Waals surface area contributed by atoms with Gasteiger partial charge in [-0.25, -0.2) is 0 Å². The van der Waals surface area contributed by atoms with Crippen LogP contribution in [0.3, 0.4) is 0 Å². The van der Waals surface area contributed by atoms with Gasteiger partial charge in [-0.2, -0.15) is 12.6 Å². The highest BCUT2D eigenvalue weighted by molar-refractivity contribution is 7.80. The summed E-state index contributed by atoms with van der Waals surface area (Å²) in [5, 5.41) is 0.340. The quantitative estimate of drug-likeness (QED) is 0.694. The van der Waals surface area contributed by atoms with Crippen LogP contribution in [0.15, 0.2) is 24.3 Å². The normalized spacial score (nSPS) is 13.3. The molecule has 1 aromatic rings. The highest BCUT2D eigenvalue weighted by Crippen LogP contribution is 2.20. The molecule has 1 unspecified atom stereocenters. The van der Waals surface area contributed by atoms with Gasteiger partial charge >= 0.3 is 0 Å². The van der Waals surface area contributed by atoms with E-state index in [2.05, 4.69) is 57.7 Å². The van der Waals surface area contributed by atoms with E-state index in [1.54, 1.807) is 0 Å². The van der Waals surface area contributed by atoms with E-state index in [-0.39, 0.29) is 0 Å². The molecule has 0 heterocycles. The molecule has 1 atom stereocenters. The van der Waals surface area contributed by atoms with Gasteiger partial charge in [0.05, 0.1) is 0 Å². The molecule has 72 valence electrons. The molecule has 0 aliphatic carbocycles. The van der Waals surface area contributed by atoms with Crippen molar-refractivity contribution in [2.45, 2.75) is 32.4 Å². The second kappa shape index (κ2) is 4.71. The van der Waals surface area contributed by atoms with Gasteiger partial charge in [0.25, 0.3) is 0 Å². The Kier molecular flexibility index (Phi) is 3.86. The summed E-state index contributed by atoms with van der Waals surface area (Å²) >= 11 is 4.43. The Balaban J connectivity index is 2.79. The van der Waals surface area contributed by atoms with E-state index in [0.29, 0.717) is 5.25 Å². The summed E-state index contributed by atoms with van der Waals surface area (Å²) in [4.78, 5) is 0. The summed E-state index contributed by atoms with van der Waals surface area (Å²) in [5.74, 6) is 0.727. The van der Waals surface area contributed by atoms with E-state index in [4.69, 9.17) is 0 Å². The fraction of sp³-hybridized carbons (Fsp3) is 0.500. The number of hydrogen-bond donors (Lipinski definition) is 1. The molecule has 0 aromatic heterocycles. The lowest BCUT2D eigenvalue weighted by atomic mass is 10.0. The Morgan fingerprint density at radius 2 is 1.92 bits per heavy atom. The largest absolute Gasteiger partial charge is 0.171 e. The first-order valence-corrected chi connectivity index (χ1v) is 5.38. The van der Waals surface area contributed by atoms with Crippen molar-refractivity contribution in [1.29, 1.82) is 0 Å². The smallest absolute Gasteiger partial charge is 0.0238 e. The Morgan fingerprint density at radius 3 is 2.46 bits per heavy atom. The monoisotopic (exact) mass is 194 g/mol. The predicted octanol–water partition coefficient (Wildman–Crippen LogP) is 3.88. The minimum absolute atomic E-state index is 0.340. The molecule has 0 amide bonds. The van der Waals surface area contributed by atoms with Gasteiger partial charge in [-0.3, -0.25) is 0 Å². The molecule has 0 fully saturated rings. The van der Waals surface area contributed by atoms with Gasteiger partial charge in [0.15, 0.2) is 0 Å². The van der Waals surface area contributed by atoms with Crippen molar-refractivity contribution in [1.82, 2.24) is 0 Å². The molecule has 0 bridgehead atoms. The molecular formula is C12H18S. The van der Waals surface area contributed by atoms with Crippen LogP contribution in [-0.4, -0.2) is 0 Å². The maximum atomic E-state index is 4.43. The van der Waals surface area contributed by atoms with E-state index in [1.807, 2.05) is 0 Å². The minimum Gasteiger partial charge on any atom is -0.171 e. The van der Waals surface area contributed by atoms with Crippen molar-refractivity contribution >= 4 is 12.6 Å². The first kappa shape index (κ1) is 10.6.